The molecular formula is C21H22N4O3. The van der Waals surface area contributed by atoms with Gasteiger partial charge in [0.2, 0.25) is 5.90 Å². The minimum Gasteiger partial charge on any atom is -0.480 e. The summed E-state index contributed by atoms with van der Waals surface area (Å²) in [6.45, 7) is 4.27. The number of hydrazone groups is 2. The maximum Gasteiger partial charge on any atom is 0.256 e. The van der Waals surface area contributed by atoms with Crippen LogP contribution in [0.15, 0.2) is 70.9 Å². The normalized spacial score (nSPS) is 15.8. The average Bonchev–Trinajstić information content (AvgIpc) is 3.25. The van der Waals surface area contributed by atoms with Crippen LogP contribution in [0.2, 0.25) is 0 Å². The lowest BCUT2D eigenvalue weighted by atomic mass is 10.3. The Hall–Kier alpha value is -3.48. The van der Waals surface area contributed by atoms with E-state index >= 15 is 0 Å². The van der Waals surface area contributed by atoms with Gasteiger partial charge >= 0.3 is 0 Å². The third-order valence-electron chi connectivity index (χ3n) is 3.98. The first-order chi connectivity index (χ1) is 13.6. The van der Waals surface area contributed by atoms with E-state index in [4.69, 9.17) is 4.74 Å². The largest absolute Gasteiger partial charge is 0.480 e. The van der Waals surface area contributed by atoms with E-state index in [0.29, 0.717) is 18.9 Å². The van der Waals surface area contributed by atoms with Gasteiger partial charge in [-0.05, 0) is 38.1 Å². The molecule has 0 aliphatic carbocycles. The van der Waals surface area contributed by atoms with E-state index in [1.807, 2.05) is 74.5 Å². The Kier molecular flexibility index (Phi) is 6.16. The Labute approximate surface area is 163 Å². The number of amides is 2. The molecule has 0 unspecified atom stereocenters. The monoisotopic (exact) mass is 378 g/mol. The first-order valence-electron chi connectivity index (χ1n) is 9.09. The minimum atomic E-state index is -0.0512. The first kappa shape index (κ1) is 19.3. The molecule has 2 aliphatic rings. The third-order valence-corrected chi connectivity index (χ3v) is 3.98. The van der Waals surface area contributed by atoms with Crippen LogP contribution >= 0.6 is 0 Å². The van der Waals surface area contributed by atoms with Gasteiger partial charge in [0.1, 0.15) is 6.42 Å². The fourth-order valence-electron chi connectivity index (χ4n) is 2.75. The van der Waals surface area contributed by atoms with Crippen molar-refractivity contribution in [1.29, 1.82) is 0 Å². The number of benzene rings is 2. The predicted octanol–water partition coefficient (Wildman–Crippen LogP) is 3.57. The topological polar surface area (TPSA) is 74.6 Å². The maximum absolute atomic E-state index is 11.6. The highest BCUT2D eigenvalue weighted by atomic mass is 16.5. The lowest BCUT2D eigenvalue weighted by Gasteiger charge is -2.10. The molecule has 0 radical (unpaired) electrons. The zero-order valence-electron chi connectivity index (χ0n) is 15.9. The summed E-state index contributed by atoms with van der Waals surface area (Å²) in [5.41, 5.74) is 2.48. The Bertz CT molecular complexity index is 894. The van der Waals surface area contributed by atoms with Crippen LogP contribution in [0.25, 0.3) is 0 Å². The molecule has 0 spiro atoms. The summed E-state index contributed by atoms with van der Waals surface area (Å²) in [6.07, 6.45) is 0.692. The molecule has 0 atom stereocenters. The van der Waals surface area contributed by atoms with Crippen molar-refractivity contribution in [3.05, 3.63) is 60.7 Å². The summed E-state index contributed by atoms with van der Waals surface area (Å²) in [7, 11) is 0. The zero-order chi connectivity index (χ0) is 19.9. The lowest BCUT2D eigenvalue weighted by Crippen LogP contribution is -2.19. The van der Waals surface area contributed by atoms with Crippen molar-refractivity contribution in [1.82, 2.24) is 0 Å². The Morgan fingerprint density at radius 2 is 1.32 bits per heavy atom. The van der Waals surface area contributed by atoms with Gasteiger partial charge in [-0.1, -0.05) is 36.4 Å². The summed E-state index contributed by atoms with van der Waals surface area (Å²) < 4.78 is 5.21. The molecule has 2 heterocycles. The van der Waals surface area contributed by atoms with E-state index in [2.05, 4.69) is 10.2 Å². The number of carbonyl (C=O) groups excluding carboxylic acids is 2. The molecule has 144 valence electrons. The molecule has 2 aliphatic heterocycles. The number of carbonyl (C=O) groups is 2. The number of nitrogens with zero attached hydrogens (tertiary/aromatic N) is 4. The number of ether oxygens (including phenoxy) is 1. The third kappa shape index (κ3) is 4.62. The van der Waals surface area contributed by atoms with E-state index in [1.54, 1.807) is 0 Å². The molecule has 0 fully saturated rings. The Morgan fingerprint density at radius 1 is 0.821 bits per heavy atom. The van der Waals surface area contributed by atoms with E-state index in [0.717, 1.165) is 17.1 Å². The highest BCUT2D eigenvalue weighted by molar-refractivity contribution is 6.12. The molecule has 7 nitrogen and oxygen atoms in total. The van der Waals surface area contributed by atoms with Crippen molar-refractivity contribution < 1.29 is 14.3 Å². The van der Waals surface area contributed by atoms with Crippen LogP contribution in [0.5, 0.6) is 0 Å². The Balaban J connectivity index is 0.000000162. The number of anilines is 2. The van der Waals surface area contributed by atoms with Gasteiger partial charge in [-0.15, -0.1) is 5.10 Å². The van der Waals surface area contributed by atoms with Crippen molar-refractivity contribution in [3.8, 4) is 0 Å². The smallest absolute Gasteiger partial charge is 0.256 e. The summed E-state index contributed by atoms with van der Waals surface area (Å²) in [4.78, 5) is 23.0. The van der Waals surface area contributed by atoms with E-state index in [1.165, 1.54) is 10.0 Å². The van der Waals surface area contributed by atoms with Crippen molar-refractivity contribution >= 4 is 34.8 Å². The van der Waals surface area contributed by atoms with Gasteiger partial charge in [-0.2, -0.15) is 10.1 Å². The van der Waals surface area contributed by atoms with Gasteiger partial charge in [0.15, 0.2) is 0 Å². The predicted molar refractivity (Wildman–Crippen MR) is 109 cm³/mol. The van der Waals surface area contributed by atoms with E-state index in [-0.39, 0.29) is 18.2 Å². The number of rotatable bonds is 3. The second-order valence-corrected chi connectivity index (χ2v) is 6.20. The van der Waals surface area contributed by atoms with Crippen LogP contribution in [0.3, 0.4) is 0 Å². The molecule has 0 N–H and O–H groups in total. The zero-order valence-corrected chi connectivity index (χ0v) is 15.9. The number of hydrogen-bond donors (Lipinski definition) is 0. The molecule has 0 aromatic heterocycles. The van der Waals surface area contributed by atoms with Crippen LogP contribution in [-0.4, -0.2) is 30.0 Å². The van der Waals surface area contributed by atoms with Crippen LogP contribution in [0, 0.1) is 0 Å². The SMILES string of the molecule is CC1=NN(c2ccccc2)C(=O)C1.CCOC1=NN(c2ccccc2)C(=O)C1. The number of hydrogen-bond acceptors (Lipinski definition) is 5. The van der Waals surface area contributed by atoms with E-state index < -0.39 is 0 Å². The van der Waals surface area contributed by atoms with Crippen LogP contribution in [0.4, 0.5) is 11.4 Å². The molecule has 0 bridgehead atoms. The molecule has 0 saturated carbocycles. The molecule has 2 amide bonds. The number of para-hydroxylation sites is 2. The molecule has 0 saturated heterocycles. The fourth-order valence-corrected chi connectivity index (χ4v) is 2.75. The first-order valence-corrected chi connectivity index (χ1v) is 9.09. The highest BCUT2D eigenvalue weighted by Crippen LogP contribution is 2.20. The molecule has 28 heavy (non-hydrogen) atoms. The fraction of sp³-hybridized carbons (Fsp3) is 0.238. The van der Waals surface area contributed by atoms with Gasteiger partial charge in [0.05, 0.1) is 24.4 Å². The summed E-state index contributed by atoms with van der Waals surface area (Å²) >= 11 is 0. The second kappa shape index (κ2) is 8.94. The highest BCUT2D eigenvalue weighted by Gasteiger charge is 2.25. The molecule has 2 aromatic rings. The summed E-state index contributed by atoms with van der Waals surface area (Å²) in [6, 6.07) is 18.8. The summed E-state index contributed by atoms with van der Waals surface area (Å²) in [5.74, 6) is 0.486. The van der Waals surface area contributed by atoms with Crippen molar-refractivity contribution in [2.75, 3.05) is 16.6 Å². The van der Waals surface area contributed by atoms with Gasteiger partial charge in [0.25, 0.3) is 11.8 Å². The summed E-state index contributed by atoms with van der Waals surface area (Å²) in [5, 5.41) is 11.1. The molecule has 4 rings (SSSR count). The van der Waals surface area contributed by atoms with Crippen molar-refractivity contribution in [2.45, 2.75) is 26.7 Å². The second-order valence-electron chi connectivity index (χ2n) is 6.20. The van der Waals surface area contributed by atoms with Gasteiger partial charge < -0.3 is 4.74 Å². The quantitative estimate of drug-likeness (QED) is 0.819. The van der Waals surface area contributed by atoms with Crippen LogP contribution < -0.4 is 10.0 Å². The standard InChI is InChI=1S/C11H12N2O2.C10H10N2O/c1-2-15-10-8-11(14)13(12-10)9-6-4-3-5-7-9;1-8-7-10(13)12(11-8)9-5-3-2-4-6-9/h3-7H,2,8H2,1H3;2-6H,7H2,1H3. The molecule has 7 heteroatoms. The van der Waals surface area contributed by atoms with Gasteiger partial charge in [0, 0.05) is 5.71 Å². The van der Waals surface area contributed by atoms with Crippen LogP contribution in [-0.2, 0) is 14.3 Å². The molecule has 2 aromatic carbocycles. The van der Waals surface area contributed by atoms with Crippen LogP contribution in [0.1, 0.15) is 26.7 Å². The van der Waals surface area contributed by atoms with Gasteiger partial charge in [-0.3, -0.25) is 9.59 Å². The average molecular weight is 378 g/mol. The minimum absolute atomic E-state index is 0.0451. The van der Waals surface area contributed by atoms with E-state index in [9.17, 15) is 9.59 Å². The van der Waals surface area contributed by atoms with Crippen molar-refractivity contribution in [3.63, 3.8) is 0 Å². The Morgan fingerprint density at radius 3 is 1.79 bits per heavy atom. The van der Waals surface area contributed by atoms with Crippen molar-refractivity contribution in [2.24, 2.45) is 10.2 Å². The van der Waals surface area contributed by atoms with Gasteiger partial charge in [-0.25, -0.2) is 5.01 Å². The lowest BCUT2D eigenvalue weighted by molar-refractivity contribution is -0.117. The maximum atomic E-state index is 11.6. The molecular weight excluding hydrogens is 356 g/mol.